The standard InChI is InChI=1S/C23H31N5O8S/c1-37-7-6-14(24)20(32)26-16(8-12-10-25-15-5-3-2-4-13(12)15)21(33)28-18(11-29)22(34)27-17(23(35)36)9-19(30)31/h2-5,10,14,16-18,25,29H,6-9,11,24H2,1H3,(H,26,32)(H,27,34)(H,28,33)(H,30,31)(H,35,36). The van der Waals surface area contributed by atoms with Gasteiger partial charge in [-0.15, -0.1) is 0 Å². The maximum Gasteiger partial charge on any atom is 0.326 e. The number of thioether (sulfide) groups is 1. The van der Waals surface area contributed by atoms with Gasteiger partial charge in [-0.1, -0.05) is 18.2 Å². The zero-order chi connectivity index (χ0) is 27.5. The number of carboxylic acids is 2. The van der Waals surface area contributed by atoms with E-state index in [0.717, 1.165) is 10.9 Å². The fourth-order valence-corrected chi connectivity index (χ4v) is 3.99. The van der Waals surface area contributed by atoms with Gasteiger partial charge in [-0.05, 0) is 30.1 Å². The Morgan fingerprint density at radius 2 is 1.59 bits per heavy atom. The molecule has 0 aliphatic heterocycles. The molecule has 1 aromatic carbocycles. The summed E-state index contributed by atoms with van der Waals surface area (Å²) in [5.74, 6) is -4.93. The molecule has 13 nitrogen and oxygen atoms in total. The third kappa shape index (κ3) is 8.77. The van der Waals surface area contributed by atoms with E-state index >= 15 is 0 Å². The third-order valence-electron chi connectivity index (χ3n) is 5.51. The first-order valence-electron chi connectivity index (χ1n) is 11.3. The van der Waals surface area contributed by atoms with Crippen LogP contribution in [0.1, 0.15) is 18.4 Å². The Morgan fingerprint density at radius 3 is 2.22 bits per heavy atom. The van der Waals surface area contributed by atoms with Crippen LogP contribution in [0.5, 0.6) is 0 Å². The number of benzene rings is 1. The fraction of sp³-hybridized carbons (Fsp3) is 0.435. The normalized spacial score (nSPS) is 14.2. The zero-order valence-electron chi connectivity index (χ0n) is 20.1. The molecule has 0 fully saturated rings. The average molecular weight is 538 g/mol. The molecule has 0 saturated carbocycles. The summed E-state index contributed by atoms with van der Waals surface area (Å²) in [7, 11) is 0. The molecule has 14 heteroatoms. The second-order valence-corrected chi connectivity index (χ2v) is 9.24. The van der Waals surface area contributed by atoms with E-state index in [9.17, 15) is 29.1 Å². The van der Waals surface area contributed by atoms with Gasteiger partial charge in [0.15, 0.2) is 0 Å². The van der Waals surface area contributed by atoms with Gasteiger partial charge in [-0.3, -0.25) is 19.2 Å². The van der Waals surface area contributed by atoms with Gasteiger partial charge in [0.25, 0.3) is 0 Å². The number of aliphatic hydroxyl groups is 1. The lowest BCUT2D eigenvalue weighted by Gasteiger charge is -2.24. The monoisotopic (exact) mass is 537 g/mol. The Labute approximate surface area is 216 Å². The lowest BCUT2D eigenvalue weighted by Crippen LogP contribution is -2.58. The van der Waals surface area contributed by atoms with Gasteiger partial charge in [0.05, 0.1) is 19.1 Å². The van der Waals surface area contributed by atoms with Crippen molar-refractivity contribution in [2.45, 2.75) is 43.4 Å². The van der Waals surface area contributed by atoms with E-state index in [1.807, 2.05) is 35.8 Å². The predicted octanol–water partition coefficient (Wildman–Crippen LogP) is -1.20. The molecule has 9 N–H and O–H groups in total. The summed E-state index contributed by atoms with van der Waals surface area (Å²) < 4.78 is 0. The van der Waals surface area contributed by atoms with Crippen molar-refractivity contribution in [3.63, 3.8) is 0 Å². The van der Waals surface area contributed by atoms with Gasteiger partial charge < -0.3 is 42.0 Å². The molecule has 0 spiro atoms. The third-order valence-corrected chi connectivity index (χ3v) is 6.15. The minimum Gasteiger partial charge on any atom is -0.481 e. The molecule has 0 radical (unpaired) electrons. The fourth-order valence-electron chi connectivity index (χ4n) is 3.50. The number of amides is 3. The highest BCUT2D eigenvalue weighted by molar-refractivity contribution is 7.98. The van der Waals surface area contributed by atoms with Crippen LogP contribution in [-0.2, 0) is 30.4 Å². The molecule has 0 aliphatic carbocycles. The van der Waals surface area contributed by atoms with Gasteiger partial charge in [0.2, 0.25) is 17.7 Å². The SMILES string of the molecule is CSCCC(N)C(=O)NC(Cc1c[nH]c2ccccc12)C(=O)NC(CO)C(=O)NC(CC(=O)O)C(=O)O. The number of carbonyl (C=O) groups excluding carboxylic acids is 3. The van der Waals surface area contributed by atoms with Crippen LogP contribution in [0.25, 0.3) is 10.9 Å². The first-order valence-corrected chi connectivity index (χ1v) is 12.7. The molecule has 3 amide bonds. The van der Waals surface area contributed by atoms with E-state index in [1.54, 1.807) is 6.20 Å². The van der Waals surface area contributed by atoms with Gasteiger partial charge in [0, 0.05) is 23.5 Å². The number of carbonyl (C=O) groups is 5. The average Bonchev–Trinajstić information content (AvgIpc) is 3.27. The Morgan fingerprint density at radius 1 is 0.973 bits per heavy atom. The summed E-state index contributed by atoms with van der Waals surface area (Å²) in [4.78, 5) is 63.6. The van der Waals surface area contributed by atoms with E-state index in [-0.39, 0.29) is 6.42 Å². The van der Waals surface area contributed by atoms with Crippen molar-refractivity contribution in [1.82, 2.24) is 20.9 Å². The highest BCUT2D eigenvalue weighted by atomic mass is 32.2. The van der Waals surface area contributed by atoms with Gasteiger partial charge in [-0.25, -0.2) is 4.79 Å². The molecule has 4 atom stereocenters. The van der Waals surface area contributed by atoms with Crippen molar-refractivity contribution in [2.24, 2.45) is 5.73 Å². The quantitative estimate of drug-likeness (QED) is 0.135. The molecule has 1 aromatic heterocycles. The van der Waals surface area contributed by atoms with Crippen molar-refractivity contribution < 1.29 is 39.3 Å². The summed E-state index contributed by atoms with van der Waals surface area (Å²) >= 11 is 1.51. The smallest absolute Gasteiger partial charge is 0.326 e. The minimum atomic E-state index is -1.77. The van der Waals surface area contributed by atoms with E-state index in [1.165, 1.54) is 11.8 Å². The molecule has 0 saturated heterocycles. The maximum atomic E-state index is 13.2. The second kappa shape index (κ2) is 14.2. The van der Waals surface area contributed by atoms with Crippen molar-refractivity contribution in [2.75, 3.05) is 18.6 Å². The van der Waals surface area contributed by atoms with Crippen LogP contribution >= 0.6 is 11.8 Å². The van der Waals surface area contributed by atoms with Crippen LogP contribution in [0, 0.1) is 0 Å². The number of hydrogen-bond acceptors (Lipinski definition) is 8. The molecule has 4 unspecified atom stereocenters. The molecule has 37 heavy (non-hydrogen) atoms. The highest BCUT2D eigenvalue weighted by Gasteiger charge is 2.31. The molecule has 1 heterocycles. The van der Waals surface area contributed by atoms with Gasteiger partial charge in [0.1, 0.15) is 18.1 Å². The summed E-state index contributed by atoms with van der Waals surface area (Å²) in [6.45, 7) is -0.905. The number of para-hydroxylation sites is 1. The Hall–Kier alpha value is -3.62. The second-order valence-electron chi connectivity index (χ2n) is 8.25. The largest absolute Gasteiger partial charge is 0.481 e. The maximum absolute atomic E-state index is 13.2. The van der Waals surface area contributed by atoms with E-state index in [0.29, 0.717) is 17.7 Å². The summed E-state index contributed by atoms with van der Waals surface area (Å²) in [5, 5.41) is 35.4. The number of hydrogen-bond donors (Lipinski definition) is 8. The number of aromatic nitrogens is 1. The van der Waals surface area contributed by atoms with E-state index in [4.69, 9.17) is 15.9 Å². The van der Waals surface area contributed by atoms with Crippen LogP contribution in [0.15, 0.2) is 30.5 Å². The molecule has 202 valence electrons. The number of fused-ring (bicyclic) bond motifs is 1. The molecule has 2 rings (SSSR count). The molecule has 2 aromatic rings. The van der Waals surface area contributed by atoms with Crippen molar-refractivity contribution >= 4 is 52.3 Å². The predicted molar refractivity (Wildman–Crippen MR) is 136 cm³/mol. The number of aliphatic carboxylic acids is 2. The van der Waals surface area contributed by atoms with Crippen LogP contribution in [0.4, 0.5) is 0 Å². The first kappa shape index (κ1) is 29.6. The summed E-state index contributed by atoms with van der Waals surface area (Å²) in [6.07, 6.45) is 3.04. The molecular formula is C23H31N5O8S. The Kier molecular flexibility index (Phi) is 11.4. The topological polar surface area (TPSA) is 224 Å². The van der Waals surface area contributed by atoms with E-state index < -0.39 is 66.9 Å². The number of H-pyrrole nitrogens is 1. The summed E-state index contributed by atoms with van der Waals surface area (Å²) in [6, 6.07) is 1.88. The Bertz CT molecular complexity index is 1120. The van der Waals surface area contributed by atoms with Crippen LogP contribution in [-0.4, -0.2) is 92.7 Å². The van der Waals surface area contributed by atoms with Crippen LogP contribution < -0.4 is 21.7 Å². The van der Waals surface area contributed by atoms with Gasteiger partial charge >= 0.3 is 11.9 Å². The Balaban J connectivity index is 2.22. The molecular weight excluding hydrogens is 506 g/mol. The molecule has 0 bridgehead atoms. The minimum absolute atomic E-state index is 0.0212. The van der Waals surface area contributed by atoms with Crippen LogP contribution in [0.3, 0.4) is 0 Å². The first-order chi connectivity index (χ1) is 17.6. The number of aliphatic hydroxyl groups excluding tert-OH is 1. The molecule has 0 aliphatic rings. The lowest BCUT2D eigenvalue weighted by molar-refractivity contribution is -0.147. The number of nitrogens with one attached hydrogen (secondary N) is 4. The number of carboxylic acid groups (broad SMARTS) is 2. The van der Waals surface area contributed by atoms with Crippen molar-refractivity contribution in [3.05, 3.63) is 36.0 Å². The highest BCUT2D eigenvalue weighted by Crippen LogP contribution is 2.19. The van der Waals surface area contributed by atoms with Crippen molar-refractivity contribution in [3.8, 4) is 0 Å². The lowest BCUT2D eigenvalue weighted by atomic mass is 10.0. The number of nitrogens with two attached hydrogens (primary N) is 1. The van der Waals surface area contributed by atoms with Gasteiger partial charge in [-0.2, -0.15) is 11.8 Å². The summed E-state index contributed by atoms with van der Waals surface area (Å²) in [5.41, 5.74) is 7.45. The van der Waals surface area contributed by atoms with E-state index in [2.05, 4.69) is 15.6 Å². The number of rotatable bonds is 15. The van der Waals surface area contributed by atoms with Crippen LogP contribution in [0.2, 0.25) is 0 Å². The van der Waals surface area contributed by atoms with Crippen molar-refractivity contribution in [1.29, 1.82) is 0 Å². The number of aromatic amines is 1. The zero-order valence-corrected chi connectivity index (χ0v) is 20.9.